The largest absolute Gasteiger partial charge is 0.481 e. The van der Waals surface area contributed by atoms with Crippen LogP contribution in [-0.4, -0.2) is 12.0 Å². The third-order valence-corrected chi connectivity index (χ3v) is 2.76. The van der Waals surface area contributed by atoms with Crippen LogP contribution in [0.3, 0.4) is 0 Å². The molecule has 2 rings (SSSR count). The van der Waals surface area contributed by atoms with Crippen LogP contribution in [0.15, 0.2) is 36.4 Å². The molecule has 0 aliphatic heterocycles. The Morgan fingerprint density at radius 2 is 1.55 bits per heavy atom. The van der Waals surface area contributed by atoms with E-state index in [1.165, 1.54) is 19.1 Å². The van der Waals surface area contributed by atoms with Gasteiger partial charge in [-0.25, -0.2) is 17.6 Å². The molecule has 2 aromatic carbocycles. The van der Waals surface area contributed by atoms with Gasteiger partial charge < -0.3 is 10.1 Å². The van der Waals surface area contributed by atoms with Crippen molar-refractivity contribution in [1.82, 2.24) is 0 Å². The fraction of sp³-hybridized carbons (Fsp3) is 0.133. The molecule has 0 saturated heterocycles. The molecule has 1 atom stereocenters. The van der Waals surface area contributed by atoms with E-state index in [1.807, 2.05) is 0 Å². The van der Waals surface area contributed by atoms with Gasteiger partial charge in [-0.1, -0.05) is 0 Å². The summed E-state index contributed by atoms with van der Waals surface area (Å²) < 4.78 is 56.8. The summed E-state index contributed by atoms with van der Waals surface area (Å²) in [6.07, 6.45) is -1.06. The van der Waals surface area contributed by atoms with Crippen LogP contribution in [0.2, 0.25) is 0 Å². The predicted octanol–water partition coefficient (Wildman–Crippen LogP) is 3.65. The number of rotatable bonds is 4. The Hall–Kier alpha value is -2.57. The molecule has 0 bridgehead atoms. The molecule has 0 aliphatic rings. The molecule has 0 spiro atoms. The second-order valence-electron chi connectivity index (χ2n) is 4.45. The second-order valence-corrected chi connectivity index (χ2v) is 4.45. The molecule has 0 saturated carbocycles. The highest BCUT2D eigenvalue weighted by molar-refractivity contribution is 5.94. The third kappa shape index (κ3) is 3.75. The van der Waals surface area contributed by atoms with Crippen molar-refractivity contribution in [3.05, 3.63) is 59.7 Å². The van der Waals surface area contributed by atoms with Crippen molar-refractivity contribution in [1.29, 1.82) is 0 Å². The maximum Gasteiger partial charge on any atom is 0.265 e. The van der Waals surface area contributed by atoms with Crippen LogP contribution in [0, 0.1) is 23.3 Å². The van der Waals surface area contributed by atoms with Gasteiger partial charge in [0, 0.05) is 17.8 Å². The van der Waals surface area contributed by atoms with E-state index in [0.717, 1.165) is 24.3 Å². The molecule has 2 aromatic rings. The zero-order valence-electron chi connectivity index (χ0n) is 11.4. The van der Waals surface area contributed by atoms with Gasteiger partial charge in [-0.3, -0.25) is 4.79 Å². The molecule has 1 N–H and O–H groups in total. The van der Waals surface area contributed by atoms with Crippen LogP contribution in [-0.2, 0) is 4.79 Å². The van der Waals surface area contributed by atoms with E-state index in [1.54, 1.807) is 0 Å². The van der Waals surface area contributed by atoms with Gasteiger partial charge in [-0.05, 0) is 31.2 Å². The van der Waals surface area contributed by atoms with Gasteiger partial charge in [0.2, 0.25) is 0 Å². The number of amides is 1. The lowest BCUT2D eigenvalue weighted by atomic mass is 10.2. The molecule has 116 valence electrons. The minimum Gasteiger partial charge on any atom is -0.481 e. The van der Waals surface area contributed by atoms with Crippen LogP contribution >= 0.6 is 0 Å². The number of hydrogen-bond acceptors (Lipinski definition) is 2. The van der Waals surface area contributed by atoms with Crippen molar-refractivity contribution >= 4 is 11.6 Å². The summed E-state index contributed by atoms with van der Waals surface area (Å²) in [5.74, 6) is -4.98. The number of anilines is 1. The minimum atomic E-state index is -1.11. The third-order valence-electron chi connectivity index (χ3n) is 2.76. The molecule has 0 aromatic heterocycles. The Labute approximate surface area is 123 Å². The molecule has 22 heavy (non-hydrogen) atoms. The SMILES string of the molecule is C[C@H](Oc1ccc(F)c(F)c1)C(=O)Nc1ccc(F)c(F)c1. The van der Waals surface area contributed by atoms with E-state index < -0.39 is 35.3 Å². The monoisotopic (exact) mass is 313 g/mol. The molecule has 0 heterocycles. The highest BCUT2D eigenvalue weighted by Crippen LogP contribution is 2.18. The van der Waals surface area contributed by atoms with Crippen LogP contribution in [0.5, 0.6) is 5.75 Å². The Kier molecular flexibility index (Phi) is 4.65. The molecule has 1 amide bonds. The van der Waals surface area contributed by atoms with Gasteiger partial charge in [-0.2, -0.15) is 0 Å². The Morgan fingerprint density at radius 3 is 2.14 bits per heavy atom. The maximum atomic E-state index is 13.0. The second kappa shape index (κ2) is 6.46. The number of halogens is 4. The van der Waals surface area contributed by atoms with Crippen molar-refractivity contribution in [2.45, 2.75) is 13.0 Å². The fourth-order valence-corrected chi connectivity index (χ4v) is 1.63. The molecule has 0 fully saturated rings. The highest BCUT2D eigenvalue weighted by atomic mass is 19.2. The van der Waals surface area contributed by atoms with Crippen LogP contribution < -0.4 is 10.1 Å². The zero-order chi connectivity index (χ0) is 16.3. The Bertz CT molecular complexity index is 706. The number of ether oxygens (including phenoxy) is 1. The fourth-order valence-electron chi connectivity index (χ4n) is 1.63. The van der Waals surface area contributed by atoms with E-state index in [-0.39, 0.29) is 11.4 Å². The van der Waals surface area contributed by atoms with Crippen molar-refractivity contribution < 1.29 is 27.1 Å². The van der Waals surface area contributed by atoms with Crippen molar-refractivity contribution in [3.63, 3.8) is 0 Å². The first-order valence-electron chi connectivity index (χ1n) is 6.24. The van der Waals surface area contributed by atoms with Gasteiger partial charge in [-0.15, -0.1) is 0 Å². The lowest BCUT2D eigenvalue weighted by molar-refractivity contribution is -0.122. The standard InChI is InChI=1S/C15H11F4NO2/c1-8(22-10-3-5-12(17)14(19)7-10)15(21)20-9-2-4-11(16)13(18)6-9/h2-8H,1H3,(H,20,21)/t8-/m0/s1. The zero-order valence-corrected chi connectivity index (χ0v) is 11.4. The molecule has 7 heteroatoms. The van der Waals surface area contributed by atoms with Crippen LogP contribution in [0.1, 0.15) is 6.92 Å². The molecule has 3 nitrogen and oxygen atoms in total. The highest BCUT2D eigenvalue weighted by Gasteiger charge is 2.16. The first-order chi connectivity index (χ1) is 10.4. The van der Waals surface area contributed by atoms with Crippen molar-refractivity contribution in [3.8, 4) is 5.75 Å². The van der Waals surface area contributed by atoms with Gasteiger partial charge in [0.05, 0.1) is 0 Å². The first-order valence-corrected chi connectivity index (χ1v) is 6.24. The first kappa shape index (κ1) is 15.8. The van der Waals surface area contributed by atoms with E-state index in [9.17, 15) is 22.4 Å². The summed E-state index contributed by atoms with van der Waals surface area (Å²) in [4.78, 5) is 11.8. The molecular weight excluding hydrogens is 302 g/mol. The summed E-state index contributed by atoms with van der Waals surface area (Å²) in [5.41, 5.74) is 0.0460. The number of carbonyl (C=O) groups excluding carboxylic acids is 1. The topological polar surface area (TPSA) is 38.3 Å². The number of hydrogen-bond donors (Lipinski definition) is 1. The quantitative estimate of drug-likeness (QED) is 0.875. The minimum absolute atomic E-state index is 0.0353. The van der Waals surface area contributed by atoms with Crippen LogP contribution in [0.4, 0.5) is 23.2 Å². The molecular formula is C15H11F4NO2. The summed E-state index contributed by atoms with van der Waals surface area (Å²) in [6.45, 7) is 1.37. The molecule has 0 unspecified atom stereocenters. The normalized spacial score (nSPS) is 11.9. The molecule has 0 radical (unpaired) electrons. The average molecular weight is 313 g/mol. The summed E-state index contributed by atoms with van der Waals surface area (Å²) in [6, 6.07) is 5.70. The summed E-state index contributed by atoms with van der Waals surface area (Å²) in [7, 11) is 0. The Balaban J connectivity index is 2.02. The average Bonchev–Trinajstić information content (AvgIpc) is 2.46. The summed E-state index contributed by atoms with van der Waals surface area (Å²) >= 11 is 0. The van der Waals surface area contributed by atoms with Gasteiger partial charge in [0.25, 0.3) is 5.91 Å². The van der Waals surface area contributed by atoms with Crippen LogP contribution in [0.25, 0.3) is 0 Å². The summed E-state index contributed by atoms with van der Waals surface area (Å²) in [5, 5.41) is 2.32. The molecule has 0 aliphatic carbocycles. The van der Waals surface area contributed by atoms with Gasteiger partial charge in [0.1, 0.15) is 5.75 Å². The van der Waals surface area contributed by atoms with E-state index >= 15 is 0 Å². The van der Waals surface area contributed by atoms with E-state index in [2.05, 4.69) is 5.32 Å². The van der Waals surface area contributed by atoms with E-state index in [4.69, 9.17) is 4.74 Å². The smallest absolute Gasteiger partial charge is 0.265 e. The van der Waals surface area contributed by atoms with Crippen molar-refractivity contribution in [2.75, 3.05) is 5.32 Å². The number of carbonyl (C=O) groups is 1. The number of benzene rings is 2. The van der Waals surface area contributed by atoms with Gasteiger partial charge in [0.15, 0.2) is 29.4 Å². The van der Waals surface area contributed by atoms with Crippen molar-refractivity contribution in [2.24, 2.45) is 0 Å². The van der Waals surface area contributed by atoms with E-state index in [0.29, 0.717) is 0 Å². The Morgan fingerprint density at radius 1 is 0.955 bits per heavy atom. The lowest BCUT2D eigenvalue weighted by Crippen LogP contribution is -2.30. The number of nitrogens with one attached hydrogen (secondary N) is 1. The lowest BCUT2D eigenvalue weighted by Gasteiger charge is -2.15. The maximum absolute atomic E-state index is 13.0. The predicted molar refractivity (Wildman–Crippen MR) is 71.4 cm³/mol. The van der Waals surface area contributed by atoms with Gasteiger partial charge >= 0.3 is 0 Å².